The van der Waals surface area contributed by atoms with Gasteiger partial charge in [-0.1, -0.05) is 0 Å². The molecule has 0 saturated carbocycles. The second kappa shape index (κ2) is 12.7. The summed E-state index contributed by atoms with van der Waals surface area (Å²) in [6.07, 6.45) is 0.0677. The molecule has 0 atom stereocenters. The quantitative estimate of drug-likeness (QED) is 0.241. The summed E-state index contributed by atoms with van der Waals surface area (Å²) in [7, 11) is 14.3. The van der Waals surface area contributed by atoms with Crippen LogP contribution in [0.1, 0.15) is 52.8 Å². The summed E-state index contributed by atoms with van der Waals surface area (Å²) in [5, 5.41) is 3.67. The van der Waals surface area contributed by atoms with Crippen LogP contribution in [0.15, 0.2) is 48.5 Å². The van der Waals surface area contributed by atoms with Gasteiger partial charge in [-0.3, -0.25) is 0 Å². The summed E-state index contributed by atoms with van der Waals surface area (Å²) in [4.78, 5) is 2.25. The van der Waals surface area contributed by atoms with Crippen LogP contribution in [-0.4, -0.2) is 28.5 Å². The fourth-order valence-electron chi connectivity index (χ4n) is 4.83. The minimum absolute atomic E-state index is 0.0677. The topological polar surface area (TPSA) is 24.5 Å². The Morgan fingerprint density at radius 3 is 1.97 bits per heavy atom. The summed E-state index contributed by atoms with van der Waals surface area (Å²) >= 11 is -3.36. The van der Waals surface area contributed by atoms with Crippen LogP contribution in [0.25, 0.3) is 0 Å². The Morgan fingerprint density at radius 2 is 1.41 bits per heavy atom. The van der Waals surface area contributed by atoms with E-state index in [1.807, 2.05) is 42.7 Å². The summed E-state index contributed by atoms with van der Waals surface area (Å²) in [6.45, 7) is 18.4. The van der Waals surface area contributed by atoms with Crippen LogP contribution >= 0.6 is 19.4 Å². The third-order valence-corrected chi connectivity index (χ3v) is 10.1. The van der Waals surface area contributed by atoms with E-state index in [0.717, 1.165) is 30.1 Å². The van der Waals surface area contributed by atoms with Crippen molar-refractivity contribution in [3.05, 3.63) is 87.5 Å². The molecular weight excluding hydrogens is 588 g/mol. The molecule has 3 aromatic rings. The second-order valence-electron chi connectivity index (χ2n) is 10.0. The second-order valence-corrected chi connectivity index (χ2v) is 19.4. The first-order valence-electron chi connectivity index (χ1n) is 12.6. The minimum atomic E-state index is -3.36. The standard InChI is InChI=1S/C21H28N2.C10H12O.2ClH.Ru/c1-14-10-16(3)20(17(4)11-14)22-8-9-23(7)21-18(5)12-15(2)13-19(21)6;1-8(2)11-10-7-5-4-6-9(10)3;;;/h7,10-13,22H,8-9H2,1-6H3;3-8H,1-2H3;2*1H;/q;;;;+2/p-2. The monoisotopic (exact) mass is 628 g/mol. The molecule has 1 N–H and O–H groups in total. The van der Waals surface area contributed by atoms with Crippen molar-refractivity contribution in [1.82, 2.24) is 0 Å². The van der Waals surface area contributed by atoms with Crippen LogP contribution in [0.3, 0.4) is 0 Å². The van der Waals surface area contributed by atoms with E-state index in [1.165, 1.54) is 39.1 Å². The van der Waals surface area contributed by atoms with Gasteiger partial charge in [0.15, 0.2) is 0 Å². The third-order valence-electron chi connectivity index (χ3n) is 6.01. The molecule has 3 aromatic carbocycles. The molecule has 6 heteroatoms. The Bertz CT molecular complexity index is 1330. The van der Waals surface area contributed by atoms with E-state index in [9.17, 15) is 0 Å². The zero-order valence-electron chi connectivity index (χ0n) is 23.2. The molecule has 0 aliphatic carbocycles. The molecule has 0 saturated heterocycles. The number of nitrogens with zero attached hydrogens (tertiary/aromatic N) is 1. The normalized spacial score (nSPS) is 11.9. The van der Waals surface area contributed by atoms with Gasteiger partial charge in [-0.2, -0.15) is 0 Å². The Morgan fingerprint density at radius 1 is 0.865 bits per heavy atom. The van der Waals surface area contributed by atoms with Crippen LogP contribution < -0.4 is 15.0 Å². The number of ether oxygens (including phenoxy) is 1. The summed E-state index contributed by atoms with van der Waals surface area (Å²) in [5.74, 6) is 0.804. The van der Waals surface area contributed by atoms with Crippen LogP contribution in [0.4, 0.5) is 11.4 Å². The van der Waals surface area contributed by atoms with Crippen molar-refractivity contribution in [2.24, 2.45) is 0 Å². The van der Waals surface area contributed by atoms with E-state index in [-0.39, 0.29) is 6.10 Å². The molecule has 37 heavy (non-hydrogen) atoms. The van der Waals surface area contributed by atoms with E-state index < -0.39 is 11.9 Å². The van der Waals surface area contributed by atoms with Gasteiger partial charge in [0, 0.05) is 0 Å². The van der Waals surface area contributed by atoms with Crippen LogP contribution in [0, 0.1) is 41.5 Å². The number of anilines is 2. The van der Waals surface area contributed by atoms with Gasteiger partial charge in [0.1, 0.15) is 0 Å². The fourth-order valence-corrected chi connectivity index (χ4v) is 9.24. The van der Waals surface area contributed by atoms with E-state index in [0.29, 0.717) is 0 Å². The van der Waals surface area contributed by atoms with Crippen molar-refractivity contribution in [3.63, 3.8) is 0 Å². The first-order valence-corrected chi connectivity index (χ1v) is 19.1. The van der Waals surface area contributed by atoms with Gasteiger partial charge >= 0.3 is 235 Å². The van der Waals surface area contributed by atoms with Gasteiger partial charge in [-0.25, -0.2) is 0 Å². The maximum atomic E-state index is 7.13. The van der Waals surface area contributed by atoms with Gasteiger partial charge in [-0.15, -0.1) is 0 Å². The van der Waals surface area contributed by atoms with E-state index in [1.54, 1.807) is 0 Å². The van der Waals surface area contributed by atoms with Crippen molar-refractivity contribution in [2.45, 2.75) is 61.5 Å². The maximum absolute atomic E-state index is 7.13. The van der Waals surface area contributed by atoms with Gasteiger partial charge in [0.2, 0.25) is 0 Å². The number of benzene rings is 3. The molecule has 0 unspecified atom stereocenters. The molecule has 0 radical (unpaired) electrons. The molecule has 3 rings (SSSR count). The van der Waals surface area contributed by atoms with E-state index >= 15 is 0 Å². The van der Waals surface area contributed by atoms with Crippen LogP contribution in [0.5, 0.6) is 5.75 Å². The Labute approximate surface area is 233 Å². The van der Waals surface area contributed by atoms with Gasteiger partial charge in [-0.05, 0) is 0 Å². The number of nitrogens with one attached hydrogen (secondary N) is 1. The molecular formula is C31H40Cl2N2ORu. The van der Waals surface area contributed by atoms with Gasteiger partial charge in [0.25, 0.3) is 0 Å². The summed E-state index contributed by atoms with van der Waals surface area (Å²) < 4.78 is 10.1. The average molecular weight is 629 g/mol. The molecule has 0 amide bonds. The molecule has 0 aliphatic heterocycles. The van der Waals surface area contributed by atoms with Crippen molar-refractivity contribution >= 4 is 40.1 Å². The number of para-hydroxylation sites is 1. The van der Waals surface area contributed by atoms with Crippen molar-refractivity contribution < 1.29 is 16.6 Å². The molecule has 0 fully saturated rings. The summed E-state index contributed by atoms with van der Waals surface area (Å²) in [5.41, 5.74) is 10.8. The molecule has 0 spiro atoms. The number of hydrogen-bond acceptors (Lipinski definition) is 3. The van der Waals surface area contributed by atoms with Crippen molar-refractivity contribution in [2.75, 3.05) is 23.3 Å². The molecule has 3 nitrogen and oxygen atoms in total. The zero-order chi connectivity index (χ0) is 27.3. The molecule has 0 bridgehead atoms. The zero-order valence-corrected chi connectivity index (χ0v) is 26.5. The van der Waals surface area contributed by atoms with Crippen LogP contribution in [0.2, 0.25) is 0 Å². The molecule has 0 heterocycles. The number of rotatable bonds is 9. The number of hydrogen-bond donors (Lipinski definition) is 1. The van der Waals surface area contributed by atoms with Gasteiger partial charge in [0.05, 0.1) is 0 Å². The van der Waals surface area contributed by atoms with E-state index in [2.05, 4.69) is 80.8 Å². The molecule has 0 aromatic heterocycles. The Hall–Kier alpha value is -2.00. The summed E-state index contributed by atoms with van der Waals surface area (Å²) in [6, 6.07) is 16.8. The predicted octanol–water partition coefficient (Wildman–Crippen LogP) is 8.31. The van der Waals surface area contributed by atoms with Crippen LogP contribution in [-0.2, 0) is 11.9 Å². The van der Waals surface area contributed by atoms with E-state index in [4.69, 9.17) is 24.1 Å². The Balaban J connectivity index is 2.03. The fraction of sp³-hybridized carbons (Fsp3) is 0.355. The average Bonchev–Trinajstić information content (AvgIpc) is 2.75. The first kappa shape index (κ1) is 29.6. The molecule has 0 aliphatic rings. The van der Waals surface area contributed by atoms with Gasteiger partial charge < -0.3 is 0 Å². The third kappa shape index (κ3) is 8.24. The predicted molar refractivity (Wildman–Crippen MR) is 162 cm³/mol. The number of halogens is 2. The molecule has 202 valence electrons. The first-order chi connectivity index (χ1) is 17.4. The van der Waals surface area contributed by atoms with Crippen molar-refractivity contribution in [3.8, 4) is 5.75 Å². The number of aryl methyl sites for hydroxylation is 6. The Kier molecular flexibility index (Phi) is 10.1. The SMILES string of the molecule is Cc1cc(C)c(NCCN([CH]=[Ru]([Cl])([Cl])=[CH]c2ccccc2OC(C)C)c2c(C)cc(C)cc2C)c(C)c1. The van der Waals surface area contributed by atoms with Crippen molar-refractivity contribution in [1.29, 1.82) is 0 Å².